The molecule has 0 amide bonds. The van der Waals surface area contributed by atoms with E-state index in [4.69, 9.17) is 5.11 Å². The van der Waals surface area contributed by atoms with E-state index < -0.39 is 10.0 Å². The van der Waals surface area contributed by atoms with Crippen molar-refractivity contribution in [3.8, 4) is 11.8 Å². The predicted octanol–water partition coefficient (Wildman–Crippen LogP) is 0.989. The van der Waals surface area contributed by atoms with E-state index in [9.17, 15) is 8.42 Å². The smallest absolute Gasteiger partial charge is 0.242 e. The van der Waals surface area contributed by atoms with Gasteiger partial charge < -0.3 is 5.11 Å². The molecular weight excluding hydrogens is 308 g/mol. The van der Waals surface area contributed by atoms with E-state index in [-0.39, 0.29) is 17.5 Å². The van der Waals surface area contributed by atoms with Crippen LogP contribution in [-0.4, -0.2) is 42.7 Å². The van der Waals surface area contributed by atoms with Crippen LogP contribution in [0.5, 0.6) is 0 Å². The number of pyridine rings is 1. The number of aromatic nitrogens is 1. The van der Waals surface area contributed by atoms with Crippen molar-refractivity contribution in [2.75, 3.05) is 18.1 Å². The maximum atomic E-state index is 12.3. The van der Waals surface area contributed by atoms with E-state index in [0.717, 1.165) is 24.3 Å². The van der Waals surface area contributed by atoms with Crippen molar-refractivity contribution < 1.29 is 13.5 Å². The summed E-state index contributed by atoms with van der Waals surface area (Å²) >= 11 is 1.85. The molecule has 7 heteroatoms. The van der Waals surface area contributed by atoms with Crippen molar-refractivity contribution >= 4 is 21.8 Å². The lowest BCUT2D eigenvalue weighted by Gasteiger charge is -2.22. The summed E-state index contributed by atoms with van der Waals surface area (Å²) in [5, 5.41) is 8.68. The van der Waals surface area contributed by atoms with E-state index in [0.29, 0.717) is 12.0 Å². The van der Waals surface area contributed by atoms with Crippen LogP contribution >= 0.6 is 11.8 Å². The minimum absolute atomic E-state index is 0.000351. The fraction of sp³-hybridized carbons (Fsp3) is 0.500. The normalized spacial score (nSPS) is 16.2. The topological polar surface area (TPSA) is 79.3 Å². The van der Waals surface area contributed by atoms with Gasteiger partial charge >= 0.3 is 0 Å². The SMILES string of the molecule is O=S(=O)(NC1CCSCC1)c1cncc(C#CCCO)c1. The van der Waals surface area contributed by atoms with Gasteiger partial charge in [0.25, 0.3) is 0 Å². The van der Waals surface area contributed by atoms with Crippen molar-refractivity contribution in [3.63, 3.8) is 0 Å². The lowest BCUT2D eigenvalue weighted by atomic mass is 10.2. The quantitative estimate of drug-likeness (QED) is 0.807. The van der Waals surface area contributed by atoms with Gasteiger partial charge in [-0.1, -0.05) is 11.8 Å². The number of hydrogen-bond acceptors (Lipinski definition) is 5. The fourth-order valence-corrected chi connectivity index (χ4v) is 4.36. The molecule has 1 aliphatic heterocycles. The first kappa shape index (κ1) is 16.3. The Morgan fingerprint density at radius 3 is 2.86 bits per heavy atom. The average molecular weight is 326 g/mol. The van der Waals surface area contributed by atoms with Crippen LogP contribution in [0, 0.1) is 11.8 Å². The highest BCUT2D eigenvalue weighted by Crippen LogP contribution is 2.19. The molecule has 0 spiro atoms. The van der Waals surface area contributed by atoms with E-state index in [1.54, 1.807) is 0 Å². The first-order valence-corrected chi connectivity index (χ1v) is 9.40. The highest BCUT2D eigenvalue weighted by Gasteiger charge is 2.22. The summed E-state index contributed by atoms with van der Waals surface area (Å²) in [4.78, 5) is 4.07. The number of nitrogens with one attached hydrogen (secondary N) is 1. The molecule has 0 unspecified atom stereocenters. The Hall–Kier alpha value is -1.07. The third kappa shape index (κ3) is 5.00. The molecule has 0 radical (unpaired) electrons. The van der Waals surface area contributed by atoms with Crippen LogP contribution in [0.15, 0.2) is 23.4 Å². The standard InChI is InChI=1S/C14H18N2O3S2/c17-6-2-1-3-12-9-14(11-15-10-12)21(18,19)16-13-4-7-20-8-5-13/h9-11,13,16-17H,2,4-8H2. The third-order valence-corrected chi connectivity index (χ3v) is 5.57. The number of rotatable bonds is 4. The lowest BCUT2D eigenvalue weighted by Crippen LogP contribution is -2.37. The Morgan fingerprint density at radius 2 is 2.14 bits per heavy atom. The molecule has 0 saturated carbocycles. The van der Waals surface area contributed by atoms with Crippen LogP contribution in [0.1, 0.15) is 24.8 Å². The molecule has 1 aliphatic rings. The van der Waals surface area contributed by atoms with Gasteiger partial charge in [-0.2, -0.15) is 11.8 Å². The largest absolute Gasteiger partial charge is 0.395 e. The molecule has 2 heterocycles. The summed E-state index contributed by atoms with van der Waals surface area (Å²) in [6, 6.07) is 1.51. The molecule has 0 aliphatic carbocycles. The molecule has 0 aromatic carbocycles. The van der Waals surface area contributed by atoms with E-state index in [1.807, 2.05) is 11.8 Å². The average Bonchev–Trinajstić information content (AvgIpc) is 2.48. The minimum atomic E-state index is -3.55. The fourth-order valence-electron chi connectivity index (χ4n) is 1.96. The first-order chi connectivity index (χ1) is 10.1. The van der Waals surface area contributed by atoms with E-state index in [2.05, 4.69) is 21.5 Å². The molecule has 0 bridgehead atoms. The van der Waals surface area contributed by atoms with Gasteiger partial charge in [0.2, 0.25) is 10.0 Å². The van der Waals surface area contributed by atoms with Gasteiger partial charge in [0.05, 0.1) is 6.61 Å². The molecule has 0 atom stereocenters. The van der Waals surface area contributed by atoms with Crippen molar-refractivity contribution in [2.45, 2.75) is 30.2 Å². The van der Waals surface area contributed by atoms with E-state index >= 15 is 0 Å². The van der Waals surface area contributed by atoms with Crippen LogP contribution < -0.4 is 4.72 Å². The van der Waals surface area contributed by atoms with Crippen LogP contribution in [0.25, 0.3) is 0 Å². The Kier molecular flexibility index (Phi) is 6.06. The zero-order valence-electron chi connectivity index (χ0n) is 11.6. The predicted molar refractivity (Wildman–Crippen MR) is 83.5 cm³/mol. The molecule has 2 N–H and O–H groups in total. The summed E-state index contributed by atoms with van der Waals surface area (Å²) < 4.78 is 27.4. The highest BCUT2D eigenvalue weighted by atomic mass is 32.2. The number of hydrogen-bond donors (Lipinski definition) is 2. The number of nitrogens with zero attached hydrogens (tertiary/aromatic N) is 1. The number of aliphatic hydroxyl groups is 1. The molecule has 5 nitrogen and oxygen atoms in total. The lowest BCUT2D eigenvalue weighted by molar-refractivity contribution is 0.305. The van der Waals surface area contributed by atoms with Gasteiger partial charge in [-0.15, -0.1) is 0 Å². The Balaban J connectivity index is 2.12. The van der Waals surface area contributed by atoms with Gasteiger partial charge in [0.15, 0.2) is 0 Å². The van der Waals surface area contributed by atoms with Gasteiger partial charge in [0.1, 0.15) is 4.90 Å². The summed E-state index contributed by atoms with van der Waals surface area (Å²) in [6.07, 6.45) is 4.91. The summed E-state index contributed by atoms with van der Waals surface area (Å²) in [7, 11) is -3.55. The number of aliphatic hydroxyl groups excluding tert-OH is 1. The molecule has 1 fully saturated rings. The molecule has 1 aromatic rings. The van der Waals surface area contributed by atoms with Gasteiger partial charge in [-0.25, -0.2) is 13.1 Å². The molecule has 114 valence electrons. The summed E-state index contributed by atoms with van der Waals surface area (Å²) in [6.45, 7) is -0.0142. The van der Waals surface area contributed by atoms with Crippen LogP contribution in [0.4, 0.5) is 0 Å². The highest BCUT2D eigenvalue weighted by molar-refractivity contribution is 7.99. The maximum Gasteiger partial charge on any atom is 0.242 e. The van der Waals surface area contributed by atoms with Gasteiger partial charge in [-0.05, 0) is 30.4 Å². The minimum Gasteiger partial charge on any atom is -0.395 e. The van der Waals surface area contributed by atoms with Gasteiger partial charge in [-0.3, -0.25) is 4.98 Å². The Labute approximate surface area is 129 Å². The van der Waals surface area contributed by atoms with Crippen LogP contribution in [0.2, 0.25) is 0 Å². The van der Waals surface area contributed by atoms with Gasteiger partial charge in [0, 0.05) is 30.4 Å². The van der Waals surface area contributed by atoms with Crippen LogP contribution in [0.3, 0.4) is 0 Å². The Bertz CT molecular complexity index is 629. The van der Waals surface area contributed by atoms with Crippen molar-refractivity contribution in [2.24, 2.45) is 0 Å². The zero-order valence-corrected chi connectivity index (χ0v) is 13.2. The van der Waals surface area contributed by atoms with Crippen molar-refractivity contribution in [1.29, 1.82) is 0 Å². The third-order valence-electron chi connectivity index (χ3n) is 3.04. The second-order valence-corrected chi connectivity index (χ2v) is 7.63. The molecule has 1 saturated heterocycles. The maximum absolute atomic E-state index is 12.3. The van der Waals surface area contributed by atoms with Crippen molar-refractivity contribution in [3.05, 3.63) is 24.0 Å². The molecule has 1 aromatic heterocycles. The summed E-state index contributed by atoms with van der Waals surface area (Å²) in [5.41, 5.74) is 0.533. The molecule has 21 heavy (non-hydrogen) atoms. The number of thioether (sulfide) groups is 1. The van der Waals surface area contributed by atoms with E-state index in [1.165, 1.54) is 18.5 Å². The van der Waals surface area contributed by atoms with Crippen LogP contribution in [-0.2, 0) is 10.0 Å². The van der Waals surface area contributed by atoms with Crippen molar-refractivity contribution in [1.82, 2.24) is 9.71 Å². The Morgan fingerprint density at radius 1 is 1.38 bits per heavy atom. The zero-order chi connectivity index (χ0) is 15.1. The second-order valence-electron chi connectivity index (χ2n) is 4.69. The first-order valence-electron chi connectivity index (χ1n) is 6.76. The molecule has 2 rings (SSSR count). The second kappa shape index (κ2) is 7.80. The molecular formula is C14H18N2O3S2. The number of sulfonamides is 1. The summed E-state index contributed by atoms with van der Waals surface area (Å²) in [5.74, 6) is 7.52. The monoisotopic (exact) mass is 326 g/mol.